The molecule has 0 amide bonds. The van der Waals surface area contributed by atoms with Crippen molar-refractivity contribution in [2.24, 2.45) is 10.9 Å². The minimum Gasteiger partial charge on any atom is -0.230 e. The SMILES string of the molecule is CC.CCc1ccc(-c2ccccc2C2=NNNN2N)cc1. The van der Waals surface area contributed by atoms with Crippen molar-refractivity contribution in [3.05, 3.63) is 59.7 Å². The Labute approximate surface area is 131 Å². The summed E-state index contributed by atoms with van der Waals surface area (Å²) in [5.41, 5.74) is 9.95. The second-order valence-electron chi connectivity index (χ2n) is 4.63. The van der Waals surface area contributed by atoms with Gasteiger partial charge in [0.1, 0.15) is 0 Å². The molecule has 116 valence electrons. The fourth-order valence-electron chi connectivity index (χ4n) is 2.28. The Bertz CT molecular complexity index is 634. The van der Waals surface area contributed by atoms with Crippen molar-refractivity contribution in [1.29, 1.82) is 0 Å². The van der Waals surface area contributed by atoms with E-state index in [1.54, 1.807) is 0 Å². The summed E-state index contributed by atoms with van der Waals surface area (Å²) in [6.07, 6.45) is 1.04. The first kappa shape index (κ1) is 16.0. The summed E-state index contributed by atoms with van der Waals surface area (Å²) >= 11 is 0. The molecule has 0 saturated heterocycles. The minimum absolute atomic E-state index is 0.667. The third-order valence-electron chi connectivity index (χ3n) is 3.40. The maximum Gasteiger partial charge on any atom is 0.189 e. The number of amidine groups is 1. The van der Waals surface area contributed by atoms with Gasteiger partial charge in [0, 0.05) is 5.56 Å². The number of nitrogens with zero attached hydrogens (tertiary/aromatic N) is 2. The molecule has 2 aromatic carbocycles. The summed E-state index contributed by atoms with van der Waals surface area (Å²) in [7, 11) is 0. The molecule has 0 aromatic heterocycles. The van der Waals surface area contributed by atoms with Crippen LogP contribution < -0.4 is 16.9 Å². The summed E-state index contributed by atoms with van der Waals surface area (Å²) in [5.74, 6) is 6.50. The number of nitrogens with one attached hydrogen (secondary N) is 2. The maximum atomic E-state index is 5.83. The van der Waals surface area contributed by atoms with Gasteiger partial charge < -0.3 is 0 Å². The first-order valence-electron chi connectivity index (χ1n) is 7.61. The van der Waals surface area contributed by atoms with Crippen LogP contribution in [-0.4, -0.2) is 11.0 Å². The topological polar surface area (TPSA) is 65.7 Å². The average Bonchev–Trinajstić information content (AvgIpc) is 3.03. The van der Waals surface area contributed by atoms with Crippen LogP contribution in [-0.2, 0) is 6.42 Å². The minimum atomic E-state index is 0.667. The lowest BCUT2D eigenvalue weighted by atomic mass is 9.97. The highest BCUT2D eigenvalue weighted by Gasteiger charge is 2.18. The largest absolute Gasteiger partial charge is 0.230 e. The van der Waals surface area contributed by atoms with Crippen molar-refractivity contribution in [3.63, 3.8) is 0 Å². The molecule has 0 bridgehead atoms. The first-order valence-corrected chi connectivity index (χ1v) is 7.61. The Morgan fingerprint density at radius 3 is 2.18 bits per heavy atom. The second kappa shape index (κ2) is 7.59. The zero-order chi connectivity index (χ0) is 15.9. The van der Waals surface area contributed by atoms with Gasteiger partial charge in [-0.3, -0.25) is 0 Å². The standard InChI is InChI=1S/C15H17N5.C2H6/c1-2-11-7-9-12(10-8-11)13-5-3-4-6-14(13)15-17-18-19-20(15)16;1-2/h3-10,18-19H,2,16H2,1H3;1-2H3. The molecule has 0 radical (unpaired) electrons. The number of nitrogens with two attached hydrogens (primary N) is 1. The lowest BCUT2D eigenvalue weighted by molar-refractivity contribution is 0.304. The smallest absolute Gasteiger partial charge is 0.189 e. The fraction of sp³-hybridized carbons (Fsp3) is 0.235. The molecule has 1 aliphatic heterocycles. The van der Waals surface area contributed by atoms with Crippen LogP contribution in [0.1, 0.15) is 31.9 Å². The van der Waals surface area contributed by atoms with Crippen LogP contribution in [0.15, 0.2) is 53.6 Å². The molecule has 0 unspecified atom stereocenters. The van der Waals surface area contributed by atoms with E-state index in [-0.39, 0.29) is 0 Å². The Morgan fingerprint density at radius 1 is 1.00 bits per heavy atom. The number of hydrazone groups is 1. The molecule has 5 nitrogen and oxygen atoms in total. The van der Waals surface area contributed by atoms with Crippen molar-refractivity contribution in [2.45, 2.75) is 27.2 Å². The number of benzene rings is 2. The summed E-state index contributed by atoms with van der Waals surface area (Å²) in [6, 6.07) is 16.7. The van der Waals surface area contributed by atoms with Gasteiger partial charge in [-0.1, -0.05) is 69.3 Å². The van der Waals surface area contributed by atoms with Gasteiger partial charge in [-0.15, -0.1) is 10.6 Å². The molecule has 0 aliphatic carbocycles. The quantitative estimate of drug-likeness (QED) is 0.762. The predicted molar refractivity (Wildman–Crippen MR) is 91.4 cm³/mol. The first-order chi connectivity index (χ1) is 10.8. The van der Waals surface area contributed by atoms with Gasteiger partial charge in [0.2, 0.25) is 0 Å². The van der Waals surface area contributed by atoms with E-state index in [0.29, 0.717) is 5.84 Å². The summed E-state index contributed by atoms with van der Waals surface area (Å²) in [4.78, 5) is 0. The molecular weight excluding hydrogens is 274 g/mol. The summed E-state index contributed by atoms with van der Waals surface area (Å²) < 4.78 is 0. The highest BCUT2D eigenvalue weighted by molar-refractivity contribution is 6.04. The van der Waals surface area contributed by atoms with E-state index in [4.69, 9.17) is 5.84 Å². The van der Waals surface area contributed by atoms with Gasteiger partial charge in [-0.25, -0.2) is 16.5 Å². The molecule has 2 aromatic rings. The summed E-state index contributed by atoms with van der Waals surface area (Å²) in [5, 5.41) is 5.54. The van der Waals surface area contributed by atoms with Gasteiger partial charge in [0.15, 0.2) is 5.84 Å². The third-order valence-corrected chi connectivity index (χ3v) is 3.40. The molecule has 0 saturated carbocycles. The molecular formula is C17H23N5. The third kappa shape index (κ3) is 3.27. The van der Waals surface area contributed by atoms with Gasteiger partial charge in [-0.2, -0.15) is 0 Å². The van der Waals surface area contributed by atoms with E-state index in [2.05, 4.69) is 53.4 Å². The molecule has 3 rings (SSSR count). The normalized spacial score (nSPS) is 13.1. The van der Waals surface area contributed by atoms with Crippen LogP contribution in [0.5, 0.6) is 0 Å². The number of rotatable bonds is 3. The Morgan fingerprint density at radius 2 is 1.64 bits per heavy atom. The highest BCUT2D eigenvalue weighted by Crippen LogP contribution is 2.25. The number of aryl methyl sites for hydroxylation is 1. The van der Waals surface area contributed by atoms with E-state index < -0.39 is 0 Å². The molecule has 4 N–H and O–H groups in total. The number of hydrogen-bond donors (Lipinski definition) is 3. The summed E-state index contributed by atoms with van der Waals surface area (Å²) in [6.45, 7) is 6.15. The molecule has 0 fully saturated rings. The van der Waals surface area contributed by atoms with E-state index >= 15 is 0 Å². The molecule has 0 spiro atoms. The Balaban J connectivity index is 0.000000847. The lowest BCUT2D eigenvalue weighted by Gasteiger charge is -2.15. The van der Waals surface area contributed by atoms with Crippen LogP contribution in [0.25, 0.3) is 11.1 Å². The predicted octanol–water partition coefficient (Wildman–Crippen LogP) is 2.80. The van der Waals surface area contributed by atoms with Crippen LogP contribution >= 0.6 is 0 Å². The lowest BCUT2D eigenvalue weighted by Crippen LogP contribution is -2.46. The van der Waals surface area contributed by atoms with Gasteiger partial charge in [0.05, 0.1) is 0 Å². The zero-order valence-corrected chi connectivity index (χ0v) is 13.3. The van der Waals surface area contributed by atoms with Gasteiger partial charge >= 0.3 is 0 Å². The van der Waals surface area contributed by atoms with Crippen LogP contribution in [0, 0.1) is 0 Å². The second-order valence-corrected chi connectivity index (χ2v) is 4.63. The van der Waals surface area contributed by atoms with Crippen LogP contribution in [0.2, 0.25) is 0 Å². The van der Waals surface area contributed by atoms with E-state index in [9.17, 15) is 0 Å². The maximum absolute atomic E-state index is 5.83. The highest BCUT2D eigenvalue weighted by atomic mass is 15.9. The van der Waals surface area contributed by atoms with Crippen molar-refractivity contribution < 1.29 is 0 Å². The number of hydrazine groups is 3. The van der Waals surface area contributed by atoms with Crippen molar-refractivity contribution in [1.82, 2.24) is 16.2 Å². The van der Waals surface area contributed by atoms with Crippen LogP contribution in [0.3, 0.4) is 0 Å². The van der Waals surface area contributed by atoms with Crippen molar-refractivity contribution in [2.75, 3.05) is 0 Å². The van der Waals surface area contributed by atoms with E-state index in [0.717, 1.165) is 23.1 Å². The van der Waals surface area contributed by atoms with E-state index in [1.807, 2.05) is 32.0 Å². The monoisotopic (exact) mass is 297 g/mol. The molecule has 1 heterocycles. The molecule has 5 heteroatoms. The van der Waals surface area contributed by atoms with Crippen LogP contribution in [0.4, 0.5) is 0 Å². The van der Waals surface area contributed by atoms with Gasteiger partial charge in [0.25, 0.3) is 0 Å². The van der Waals surface area contributed by atoms with Gasteiger partial charge in [-0.05, 0) is 23.1 Å². The Hall–Kier alpha value is -2.37. The fourth-order valence-corrected chi connectivity index (χ4v) is 2.28. The van der Waals surface area contributed by atoms with Crippen molar-refractivity contribution in [3.8, 4) is 11.1 Å². The van der Waals surface area contributed by atoms with Crippen molar-refractivity contribution >= 4 is 5.84 Å². The molecule has 1 aliphatic rings. The number of hydrogen-bond acceptors (Lipinski definition) is 5. The van der Waals surface area contributed by atoms with E-state index in [1.165, 1.54) is 10.7 Å². The Kier molecular flexibility index (Phi) is 5.52. The zero-order valence-electron chi connectivity index (χ0n) is 13.3. The average molecular weight is 297 g/mol. The molecule has 22 heavy (non-hydrogen) atoms. The molecule has 0 atom stereocenters.